The summed E-state index contributed by atoms with van der Waals surface area (Å²) in [5, 5.41) is 8.29. The summed E-state index contributed by atoms with van der Waals surface area (Å²) < 4.78 is 1.74. The molecule has 0 aliphatic carbocycles. The number of fused-ring (bicyclic) bond motifs is 1. The van der Waals surface area contributed by atoms with Gasteiger partial charge >= 0.3 is 0 Å². The van der Waals surface area contributed by atoms with Crippen molar-refractivity contribution in [2.45, 2.75) is 24.1 Å². The number of Topliss-reactive ketones (excluding diaryl/α,β-unsaturated/α-hetero) is 1. The van der Waals surface area contributed by atoms with Gasteiger partial charge in [-0.15, -0.1) is 0 Å². The first-order valence-corrected chi connectivity index (χ1v) is 10.2. The first-order chi connectivity index (χ1) is 14.5. The predicted octanol–water partition coefficient (Wildman–Crippen LogP) is 4.14. The summed E-state index contributed by atoms with van der Waals surface area (Å²) in [7, 11) is 0. The predicted molar refractivity (Wildman–Crippen MR) is 117 cm³/mol. The number of rotatable bonds is 6. The Labute approximate surface area is 177 Å². The molecule has 0 aliphatic heterocycles. The van der Waals surface area contributed by atoms with Gasteiger partial charge in [0.2, 0.25) is 5.91 Å². The van der Waals surface area contributed by atoms with Gasteiger partial charge in [0.15, 0.2) is 11.4 Å². The normalized spacial score (nSPS) is 11.9. The number of carbonyl (C=O) groups is 2. The monoisotopic (exact) mass is 417 g/mol. The zero-order valence-electron chi connectivity index (χ0n) is 16.4. The number of ketones is 1. The van der Waals surface area contributed by atoms with Crippen LogP contribution in [-0.4, -0.2) is 36.7 Å². The van der Waals surface area contributed by atoms with Gasteiger partial charge in [0.25, 0.3) is 0 Å². The summed E-state index contributed by atoms with van der Waals surface area (Å²) in [6, 6.07) is 16.7. The Morgan fingerprint density at radius 1 is 1.03 bits per heavy atom. The molecule has 0 aliphatic rings. The average molecular weight is 417 g/mol. The van der Waals surface area contributed by atoms with Gasteiger partial charge < -0.3 is 5.32 Å². The molecule has 8 heteroatoms. The fourth-order valence-corrected chi connectivity index (χ4v) is 3.91. The van der Waals surface area contributed by atoms with E-state index in [0.29, 0.717) is 21.9 Å². The van der Waals surface area contributed by atoms with E-state index in [4.69, 9.17) is 0 Å². The lowest BCUT2D eigenvalue weighted by molar-refractivity contribution is -0.115. The molecule has 150 valence electrons. The quantitative estimate of drug-likeness (QED) is 0.288. The highest BCUT2D eigenvalue weighted by Gasteiger charge is 2.20. The zero-order chi connectivity index (χ0) is 21.1. The van der Waals surface area contributed by atoms with E-state index in [1.165, 1.54) is 25.0 Å². The maximum absolute atomic E-state index is 12.7. The summed E-state index contributed by atoms with van der Waals surface area (Å²) in [5.41, 5.74) is 2.56. The van der Waals surface area contributed by atoms with Crippen LogP contribution in [0.4, 0.5) is 5.69 Å². The van der Waals surface area contributed by atoms with Crippen LogP contribution in [0.25, 0.3) is 16.7 Å². The number of anilines is 1. The van der Waals surface area contributed by atoms with Crippen molar-refractivity contribution in [1.29, 1.82) is 0 Å². The average Bonchev–Trinajstić information content (AvgIpc) is 3.20. The van der Waals surface area contributed by atoms with E-state index in [0.717, 1.165) is 11.1 Å². The molecule has 7 nitrogen and oxygen atoms in total. The van der Waals surface area contributed by atoms with Crippen LogP contribution < -0.4 is 5.32 Å². The van der Waals surface area contributed by atoms with Crippen LogP contribution in [0.2, 0.25) is 0 Å². The Balaban J connectivity index is 1.56. The molecule has 0 spiro atoms. The third kappa shape index (κ3) is 3.95. The van der Waals surface area contributed by atoms with Gasteiger partial charge in [-0.05, 0) is 38.1 Å². The van der Waals surface area contributed by atoms with Gasteiger partial charge in [0, 0.05) is 5.56 Å². The van der Waals surface area contributed by atoms with Crippen molar-refractivity contribution in [3.05, 3.63) is 72.7 Å². The minimum absolute atomic E-state index is 0.1000. The topological polar surface area (TPSA) is 89.8 Å². The zero-order valence-corrected chi connectivity index (χ0v) is 17.3. The molecule has 0 bridgehead atoms. The third-order valence-electron chi connectivity index (χ3n) is 4.55. The maximum Gasteiger partial charge on any atom is 0.237 e. The number of thioether (sulfide) groups is 1. The summed E-state index contributed by atoms with van der Waals surface area (Å²) in [4.78, 5) is 33.3. The van der Waals surface area contributed by atoms with Crippen molar-refractivity contribution in [3.8, 4) is 5.69 Å². The Morgan fingerprint density at radius 2 is 1.77 bits per heavy atom. The first kappa shape index (κ1) is 19.8. The summed E-state index contributed by atoms with van der Waals surface area (Å²) in [6.45, 7) is 3.27. The van der Waals surface area contributed by atoms with E-state index < -0.39 is 5.25 Å². The van der Waals surface area contributed by atoms with Crippen molar-refractivity contribution in [2.75, 3.05) is 5.32 Å². The number of nitrogens with one attached hydrogen (secondary N) is 1. The Bertz CT molecular complexity index is 1220. The molecule has 30 heavy (non-hydrogen) atoms. The molecule has 1 atom stereocenters. The van der Waals surface area contributed by atoms with E-state index >= 15 is 0 Å². The molecule has 1 unspecified atom stereocenters. The highest BCUT2D eigenvalue weighted by molar-refractivity contribution is 8.00. The van der Waals surface area contributed by atoms with Crippen molar-refractivity contribution >= 4 is 40.2 Å². The van der Waals surface area contributed by atoms with Crippen LogP contribution in [0.3, 0.4) is 0 Å². The molecule has 0 fully saturated rings. The second kappa shape index (κ2) is 8.46. The highest BCUT2D eigenvalue weighted by atomic mass is 32.2. The van der Waals surface area contributed by atoms with E-state index in [2.05, 4.69) is 20.4 Å². The van der Waals surface area contributed by atoms with Crippen LogP contribution in [0.15, 0.2) is 72.1 Å². The van der Waals surface area contributed by atoms with Crippen LogP contribution in [0.1, 0.15) is 24.2 Å². The van der Waals surface area contributed by atoms with Crippen molar-refractivity contribution in [2.24, 2.45) is 0 Å². The Hall–Kier alpha value is -3.52. The summed E-state index contributed by atoms with van der Waals surface area (Å²) in [5.74, 6) is -0.312. The lowest BCUT2D eigenvalue weighted by Gasteiger charge is -2.13. The number of para-hydroxylation sites is 2. The van der Waals surface area contributed by atoms with Gasteiger partial charge in [-0.2, -0.15) is 5.10 Å². The van der Waals surface area contributed by atoms with Crippen LogP contribution >= 0.6 is 11.8 Å². The van der Waals surface area contributed by atoms with E-state index in [1.54, 1.807) is 42.1 Å². The number of hydrogen-bond donors (Lipinski definition) is 1. The van der Waals surface area contributed by atoms with Crippen molar-refractivity contribution < 1.29 is 9.59 Å². The lowest BCUT2D eigenvalue weighted by Crippen LogP contribution is -2.23. The van der Waals surface area contributed by atoms with E-state index in [-0.39, 0.29) is 11.7 Å². The molecule has 0 radical (unpaired) electrons. The molecule has 0 saturated heterocycles. The van der Waals surface area contributed by atoms with Gasteiger partial charge in [-0.1, -0.05) is 42.1 Å². The molecule has 1 N–H and O–H groups in total. The molecular formula is C22H19N5O2S. The van der Waals surface area contributed by atoms with Crippen LogP contribution in [-0.2, 0) is 4.79 Å². The van der Waals surface area contributed by atoms with Crippen LogP contribution in [0, 0.1) is 0 Å². The third-order valence-corrected chi connectivity index (χ3v) is 5.67. The molecule has 4 rings (SSSR count). The Kier molecular flexibility index (Phi) is 5.58. The van der Waals surface area contributed by atoms with Crippen molar-refractivity contribution in [3.63, 3.8) is 0 Å². The Morgan fingerprint density at radius 3 is 2.53 bits per heavy atom. The van der Waals surface area contributed by atoms with Crippen LogP contribution in [0.5, 0.6) is 0 Å². The smallest absolute Gasteiger partial charge is 0.237 e. The fraction of sp³-hybridized carbons (Fsp3) is 0.136. The van der Waals surface area contributed by atoms with E-state index in [9.17, 15) is 9.59 Å². The number of carbonyl (C=O) groups excluding carboxylic acids is 2. The number of benzene rings is 2. The van der Waals surface area contributed by atoms with E-state index in [1.807, 2.05) is 30.3 Å². The standard InChI is InChI=1S/C22H19N5O2S/c1-14(28)17-10-6-7-11-19(17)26-21(29)15(2)30-22-18-12-25-27(20(18)23-13-24-22)16-8-4-3-5-9-16/h3-13,15H,1-2H3,(H,26,29). The second-order valence-corrected chi connectivity index (χ2v) is 7.99. The molecular weight excluding hydrogens is 398 g/mol. The summed E-state index contributed by atoms with van der Waals surface area (Å²) in [6.07, 6.45) is 3.18. The highest BCUT2D eigenvalue weighted by Crippen LogP contribution is 2.29. The van der Waals surface area contributed by atoms with Gasteiger partial charge in [0.1, 0.15) is 11.4 Å². The number of hydrogen-bond acceptors (Lipinski definition) is 6. The second-order valence-electron chi connectivity index (χ2n) is 6.66. The maximum atomic E-state index is 12.7. The molecule has 1 amide bonds. The minimum atomic E-state index is -0.441. The number of amides is 1. The minimum Gasteiger partial charge on any atom is -0.324 e. The summed E-state index contributed by atoms with van der Waals surface area (Å²) >= 11 is 1.32. The molecule has 2 heterocycles. The van der Waals surface area contributed by atoms with Gasteiger partial charge in [0.05, 0.1) is 28.2 Å². The molecule has 2 aromatic carbocycles. The first-order valence-electron chi connectivity index (χ1n) is 9.36. The fourth-order valence-electron chi connectivity index (χ4n) is 3.03. The largest absolute Gasteiger partial charge is 0.324 e. The molecule has 2 aromatic heterocycles. The molecule has 0 saturated carbocycles. The SMILES string of the molecule is CC(=O)c1ccccc1NC(=O)C(C)Sc1ncnc2c1cnn2-c1ccccc1. The van der Waals surface area contributed by atoms with Crippen molar-refractivity contribution in [1.82, 2.24) is 19.7 Å². The van der Waals surface area contributed by atoms with Gasteiger partial charge in [-0.25, -0.2) is 14.6 Å². The number of nitrogens with zero attached hydrogens (tertiary/aromatic N) is 4. The lowest BCUT2D eigenvalue weighted by atomic mass is 10.1. The number of aromatic nitrogens is 4. The molecule has 4 aromatic rings. The van der Waals surface area contributed by atoms with Gasteiger partial charge in [-0.3, -0.25) is 9.59 Å².